The summed E-state index contributed by atoms with van der Waals surface area (Å²) in [6.45, 7) is 6.84. The summed E-state index contributed by atoms with van der Waals surface area (Å²) in [5.74, 6) is -0.0527. The van der Waals surface area contributed by atoms with Gasteiger partial charge in [-0.3, -0.25) is 4.79 Å². The Labute approximate surface area is 224 Å². The zero-order valence-corrected chi connectivity index (χ0v) is 22.4. The van der Waals surface area contributed by atoms with Gasteiger partial charge in [-0.05, 0) is 71.3 Å². The zero-order valence-electron chi connectivity index (χ0n) is 22.4. The summed E-state index contributed by atoms with van der Waals surface area (Å²) in [7, 11) is 1.36. The number of hydrogen-bond donors (Lipinski definition) is 2. The van der Waals surface area contributed by atoms with E-state index in [9.17, 15) is 14.4 Å². The van der Waals surface area contributed by atoms with Gasteiger partial charge in [0.25, 0.3) is 0 Å². The molecule has 1 heterocycles. The van der Waals surface area contributed by atoms with Gasteiger partial charge in [0.15, 0.2) is 0 Å². The van der Waals surface area contributed by atoms with Gasteiger partial charge in [0.2, 0.25) is 5.91 Å². The first kappa shape index (κ1) is 26.9. The molecule has 0 spiro atoms. The number of anilines is 2. The van der Waals surface area contributed by atoms with Crippen LogP contribution in [-0.2, 0) is 9.53 Å². The molecule has 3 aromatic rings. The lowest BCUT2D eigenvalue weighted by molar-refractivity contribution is -0.120. The predicted molar refractivity (Wildman–Crippen MR) is 150 cm³/mol. The predicted octanol–water partition coefficient (Wildman–Crippen LogP) is 6.53. The van der Waals surface area contributed by atoms with E-state index in [0.29, 0.717) is 29.4 Å². The van der Waals surface area contributed by atoms with Gasteiger partial charge in [-0.15, -0.1) is 0 Å². The number of nitrogens with zero attached hydrogens (tertiary/aromatic N) is 1. The van der Waals surface area contributed by atoms with Gasteiger partial charge >= 0.3 is 12.0 Å². The van der Waals surface area contributed by atoms with E-state index >= 15 is 0 Å². The summed E-state index contributed by atoms with van der Waals surface area (Å²) >= 11 is 0. The fourth-order valence-electron chi connectivity index (χ4n) is 4.89. The van der Waals surface area contributed by atoms with E-state index in [-0.39, 0.29) is 23.8 Å². The van der Waals surface area contributed by atoms with Crippen LogP contribution >= 0.6 is 0 Å². The maximum Gasteiger partial charge on any atom is 0.337 e. The summed E-state index contributed by atoms with van der Waals surface area (Å²) in [4.78, 5) is 39.8. The molecule has 2 atom stereocenters. The molecule has 0 aromatic heterocycles. The van der Waals surface area contributed by atoms with E-state index < -0.39 is 6.04 Å². The van der Waals surface area contributed by atoms with Gasteiger partial charge in [-0.25, -0.2) is 9.59 Å². The van der Waals surface area contributed by atoms with Crippen LogP contribution in [0.3, 0.4) is 0 Å². The number of carbonyl (C=O) groups excluding carboxylic acids is 3. The van der Waals surface area contributed by atoms with Crippen LogP contribution < -0.4 is 10.6 Å². The summed E-state index contributed by atoms with van der Waals surface area (Å²) in [5.41, 5.74) is 4.97. The van der Waals surface area contributed by atoms with Gasteiger partial charge in [0.05, 0.1) is 12.7 Å². The second-order valence-corrected chi connectivity index (χ2v) is 9.94. The first-order valence-electron chi connectivity index (χ1n) is 13.1. The second kappa shape index (κ2) is 11.9. The lowest BCUT2D eigenvalue weighted by Crippen LogP contribution is -2.47. The van der Waals surface area contributed by atoms with E-state index in [2.05, 4.69) is 31.4 Å². The van der Waals surface area contributed by atoms with Gasteiger partial charge in [-0.1, -0.05) is 63.6 Å². The molecule has 4 rings (SSSR count). The molecule has 3 amide bonds. The summed E-state index contributed by atoms with van der Waals surface area (Å²) < 4.78 is 4.75. The molecule has 198 valence electrons. The number of nitrogens with one attached hydrogen (secondary N) is 2. The van der Waals surface area contributed by atoms with Crippen molar-refractivity contribution < 1.29 is 19.1 Å². The topological polar surface area (TPSA) is 87.7 Å². The smallest absolute Gasteiger partial charge is 0.337 e. The van der Waals surface area contributed by atoms with Crippen LogP contribution in [0, 0.1) is 5.92 Å². The van der Waals surface area contributed by atoms with Crippen molar-refractivity contribution in [3.8, 4) is 11.1 Å². The van der Waals surface area contributed by atoms with E-state index in [1.165, 1.54) is 12.7 Å². The van der Waals surface area contributed by atoms with Crippen molar-refractivity contribution in [3.05, 3.63) is 83.9 Å². The molecule has 3 aromatic carbocycles. The summed E-state index contributed by atoms with van der Waals surface area (Å²) in [6, 6.07) is 21.7. The summed E-state index contributed by atoms with van der Waals surface area (Å²) in [6.07, 6.45) is 1.60. The minimum Gasteiger partial charge on any atom is -0.465 e. The SMILES string of the molecule is CC[C@H]1CCN(C(=O)Nc2ccc(C(C)C)cc2)[C@H]1C(=O)Nc1ccc(-c2ccc(C(=O)OC)cc2)cc1. The minimum atomic E-state index is -0.541. The van der Waals surface area contributed by atoms with E-state index in [1.807, 2.05) is 60.7 Å². The third-order valence-electron chi connectivity index (χ3n) is 7.20. The molecular formula is C31H35N3O4. The molecule has 0 radical (unpaired) electrons. The van der Waals surface area contributed by atoms with Crippen LogP contribution in [0.4, 0.5) is 16.2 Å². The number of ether oxygens (including phenoxy) is 1. The first-order valence-corrected chi connectivity index (χ1v) is 13.1. The Morgan fingerprint density at radius 3 is 1.97 bits per heavy atom. The number of benzene rings is 3. The number of esters is 1. The van der Waals surface area contributed by atoms with Crippen LogP contribution in [0.15, 0.2) is 72.8 Å². The number of carbonyl (C=O) groups is 3. The average molecular weight is 514 g/mol. The first-order chi connectivity index (χ1) is 18.3. The van der Waals surface area contributed by atoms with Gasteiger partial charge < -0.3 is 20.3 Å². The van der Waals surface area contributed by atoms with Crippen LogP contribution in [0.2, 0.25) is 0 Å². The maximum atomic E-state index is 13.4. The molecular weight excluding hydrogens is 478 g/mol. The van der Waals surface area contributed by atoms with Crippen molar-refractivity contribution in [2.45, 2.75) is 45.6 Å². The Balaban J connectivity index is 1.43. The van der Waals surface area contributed by atoms with Gasteiger partial charge in [0.1, 0.15) is 6.04 Å². The third-order valence-corrected chi connectivity index (χ3v) is 7.20. The fraction of sp³-hybridized carbons (Fsp3) is 0.323. The molecule has 1 saturated heterocycles. The molecule has 1 aliphatic heterocycles. The molecule has 0 saturated carbocycles. The highest BCUT2D eigenvalue weighted by Gasteiger charge is 2.41. The maximum absolute atomic E-state index is 13.4. The molecule has 0 unspecified atom stereocenters. The number of urea groups is 1. The van der Waals surface area contributed by atoms with Crippen molar-refractivity contribution in [1.29, 1.82) is 0 Å². The number of likely N-dealkylation sites (tertiary alicyclic amines) is 1. The molecule has 7 nitrogen and oxygen atoms in total. The van der Waals surface area contributed by atoms with E-state index in [4.69, 9.17) is 4.74 Å². The van der Waals surface area contributed by atoms with Crippen LogP contribution in [0.5, 0.6) is 0 Å². The van der Waals surface area contributed by atoms with Crippen molar-refractivity contribution in [3.63, 3.8) is 0 Å². The third kappa shape index (κ3) is 6.05. The number of hydrogen-bond acceptors (Lipinski definition) is 4. The normalized spacial score (nSPS) is 16.8. The van der Waals surface area contributed by atoms with Crippen molar-refractivity contribution >= 4 is 29.3 Å². The standard InChI is InChI=1S/C31H35N3O4/c1-5-21-18-19-34(31(37)33-27-14-10-22(11-15-27)20(2)3)28(21)29(35)32-26-16-12-24(13-17-26)23-6-8-25(9-7-23)30(36)38-4/h6-17,20-21,28H,5,18-19H2,1-4H3,(H,32,35)(H,33,37)/t21-,28+/m0/s1. The lowest BCUT2D eigenvalue weighted by atomic mass is 9.96. The molecule has 7 heteroatoms. The monoisotopic (exact) mass is 513 g/mol. The zero-order chi connectivity index (χ0) is 27.2. The molecule has 0 bridgehead atoms. The highest BCUT2D eigenvalue weighted by atomic mass is 16.5. The van der Waals surface area contributed by atoms with Crippen LogP contribution in [-0.4, -0.2) is 42.5 Å². The molecule has 1 fully saturated rings. The Morgan fingerprint density at radius 1 is 0.868 bits per heavy atom. The number of rotatable bonds is 7. The van der Waals surface area contributed by atoms with Crippen molar-refractivity contribution in [1.82, 2.24) is 4.90 Å². The molecule has 38 heavy (non-hydrogen) atoms. The van der Waals surface area contributed by atoms with E-state index in [0.717, 1.165) is 24.0 Å². The van der Waals surface area contributed by atoms with Crippen molar-refractivity contribution in [2.75, 3.05) is 24.3 Å². The van der Waals surface area contributed by atoms with E-state index in [1.54, 1.807) is 17.0 Å². The Bertz CT molecular complexity index is 1270. The minimum absolute atomic E-state index is 0.0941. The van der Waals surface area contributed by atoms with Crippen molar-refractivity contribution in [2.24, 2.45) is 5.92 Å². The molecule has 1 aliphatic rings. The fourth-order valence-corrected chi connectivity index (χ4v) is 4.89. The van der Waals surface area contributed by atoms with Gasteiger partial charge in [0, 0.05) is 17.9 Å². The highest BCUT2D eigenvalue weighted by molar-refractivity contribution is 6.00. The Hall–Kier alpha value is -4.13. The Morgan fingerprint density at radius 2 is 1.42 bits per heavy atom. The number of methoxy groups -OCH3 is 1. The largest absolute Gasteiger partial charge is 0.465 e. The van der Waals surface area contributed by atoms with Gasteiger partial charge in [-0.2, -0.15) is 0 Å². The average Bonchev–Trinajstić information content (AvgIpc) is 3.38. The Kier molecular flexibility index (Phi) is 8.46. The number of amides is 3. The van der Waals surface area contributed by atoms with Crippen LogP contribution in [0.25, 0.3) is 11.1 Å². The summed E-state index contributed by atoms with van der Waals surface area (Å²) in [5, 5.41) is 5.97. The van der Waals surface area contributed by atoms with Crippen LogP contribution in [0.1, 0.15) is 55.5 Å². The molecule has 2 N–H and O–H groups in total. The quantitative estimate of drug-likeness (QED) is 0.352. The second-order valence-electron chi connectivity index (χ2n) is 9.94. The highest BCUT2D eigenvalue weighted by Crippen LogP contribution is 2.30. The lowest BCUT2D eigenvalue weighted by Gasteiger charge is -2.27. The molecule has 0 aliphatic carbocycles.